The molecule has 0 saturated heterocycles. The van der Waals surface area contributed by atoms with Gasteiger partial charge in [0.2, 0.25) is 0 Å². The van der Waals surface area contributed by atoms with E-state index in [9.17, 15) is 8.78 Å². The Morgan fingerprint density at radius 3 is 1.57 bits per heavy atom. The van der Waals surface area contributed by atoms with Gasteiger partial charge in [-0.15, -0.1) is 0 Å². The molecule has 0 unspecified atom stereocenters. The minimum Gasteiger partial charge on any atom is -0.203 e. The van der Waals surface area contributed by atoms with Gasteiger partial charge < -0.3 is 0 Å². The summed E-state index contributed by atoms with van der Waals surface area (Å²) in [6.07, 6.45) is 1.71. The van der Waals surface area contributed by atoms with Crippen LogP contribution in [0.4, 0.5) is 8.78 Å². The predicted octanol–water partition coefficient (Wildman–Crippen LogP) is 6.25. The lowest BCUT2D eigenvalue weighted by atomic mass is 9.98. The van der Waals surface area contributed by atoms with Gasteiger partial charge in [-0.2, -0.15) is 0 Å². The summed E-state index contributed by atoms with van der Waals surface area (Å²) in [5, 5.41) is 0. The van der Waals surface area contributed by atoms with Crippen LogP contribution in [-0.2, 0) is 0 Å². The van der Waals surface area contributed by atoms with Gasteiger partial charge >= 0.3 is 0 Å². The van der Waals surface area contributed by atoms with Gasteiger partial charge in [0, 0.05) is 11.1 Å². The molecule has 0 saturated carbocycles. The van der Waals surface area contributed by atoms with Crippen molar-refractivity contribution in [1.82, 2.24) is 0 Å². The van der Waals surface area contributed by atoms with Gasteiger partial charge in [0.1, 0.15) is 0 Å². The molecular formula is C21H16F2. The van der Waals surface area contributed by atoms with E-state index in [1.165, 1.54) is 0 Å². The van der Waals surface area contributed by atoms with Crippen molar-refractivity contribution in [3.8, 4) is 22.3 Å². The highest BCUT2D eigenvalue weighted by atomic mass is 19.2. The van der Waals surface area contributed by atoms with E-state index in [1.807, 2.05) is 31.2 Å². The standard InChI is InChI=1S/C21H16F2/c1-3-15-6-10-17(11-7-15)19-13-12-18(20(22)21(19)23)16-8-4-14(2)5-9-16/h3-13H,1H2,2H3. The monoisotopic (exact) mass is 306 g/mol. The third-order valence-electron chi connectivity index (χ3n) is 3.90. The quantitative estimate of drug-likeness (QED) is 0.536. The van der Waals surface area contributed by atoms with E-state index in [-0.39, 0.29) is 11.1 Å². The van der Waals surface area contributed by atoms with E-state index in [2.05, 4.69) is 6.58 Å². The van der Waals surface area contributed by atoms with Crippen LogP contribution >= 0.6 is 0 Å². The van der Waals surface area contributed by atoms with Crippen molar-refractivity contribution in [1.29, 1.82) is 0 Å². The summed E-state index contributed by atoms with van der Waals surface area (Å²) >= 11 is 0. The highest BCUT2D eigenvalue weighted by molar-refractivity contribution is 5.72. The van der Waals surface area contributed by atoms with Gasteiger partial charge in [-0.05, 0) is 23.6 Å². The van der Waals surface area contributed by atoms with E-state index < -0.39 is 11.6 Å². The second-order valence-corrected chi connectivity index (χ2v) is 5.48. The Bertz CT molecular complexity index is 844. The molecule has 3 rings (SSSR count). The number of aryl methyl sites for hydroxylation is 1. The number of hydrogen-bond acceptors (Lipinski definition) is 0. The highest BCUT2D eigenvalue weighted by Crippen LogP contribution is 2.31. The molecule has 3 aromatic carbocycles. The molecule has 0 aliphatic heterocycles. The first kappa shape index (κ1) is 15.2. The van der Waals surface area contributed by atoms with Crippen LogP contribution in [0.25, 0.3) is 28.3 Å². The Kier molecular flexibility index (Phi) is 4.07. The molecule has 0 nitrogen and oxygen atoms in total. The van der Waals surface area contributed by atoms with E-state index >= 15 is 0 Å². The fraction of sp³-hybridized carbons (Fsp3) is 0.0476. The second kappa shape index (κ2) is 6.17. The maximum Gasteiger partial charge on any atom is 0.167 e. The fourth-order valence-electron chi connectivity index (χ4n) is 2.53. The molecule has 0 heterocycles. The number of hydrogen-bond donors (Lipinski definition) is 0. The lowest BCUT2D eigenvalue weighted by Crippen LogP contribution is -1.94. The molecule has 0 N–H and O–H groups in total. The lowest BCUT2D eigenvalue weighted by Gasteiger charge is -2.10. The van der Waals surface area contributed by atoms with Gasteiger partial charge in [-0.25, -0.2) is 8.78 Å². The van der Waals surface area contributed by atoms with E-state index in [0.29, 0.717) is 11.1 Å². The van der Waals surface area contributed by atoms with Crippen LogP contribution < -0.4 is 0 Å². The second-order valence-electron chi connectivity index (χ2n) is 5.48. The van der Waals surface area contributed by atoms with Gasteiger partial charge in [-0.3, -0.25) is 0 Å². The molecule has 0 amide bonds. The van der Waals surface area contributed by atoms with Crippen molar-refractivity contribution >= 4 is 6.08 Å². The zero-order chi connectivity index (χ0) is 16.4. The molecule has 0 aromatic heterocycles. The molecule has 0 fully saturated rings. The molecule has 0 radical (unpaired) electrons. The summed E-state index contributed by atoms with van der Waals surface area (Å²) in [6, 6.07) is 17.8. The van der Waals surface area contributed by atoms with Crippen molar-refractivity contribution in [2.24, 2.45) is 0 Å². The third kappa shape index (κ3) is 2.93. The maximum atomic E-state index is 14.5. The Labute approximate surface area is 134 Å². The van der Waals surface area contributed by atoms with E-state index in [4.69, 9.17) is 0 Å². The minimum absolute atomic E-state index is 0.258. The molecule has 2 heteroatoms. The van der Waals surface area contributed by atoms with Crippen molar-refractivity contribution < 1.29 is 8.78 Å². The summed E-state index contributed by atoms with van der Waals surface area (Å²) in [6.45, 7) is 5.64. The molecule has 114 valence electrons. The first-order valence-electron chi connectivity index (χ1n) is 7.38. The molecule has 0 atom stereocenters. The minimum atomic E-state index is -0.825. The SMILES string of the molecule is C=Cc1ccc(-c2ccc(-c3ccc(C)cc3)c(F)c2F)cc1. The lowest BCUT2D eigenvalue weighted by molar-refractivity contribution is 0.514. The Morgan fingerprint density at radius 2 is 1.13 bits per heavy atom. The molecule has 0 spiro atoms. The largest absolute Gasteiger partial charge is 0.203 e. The predicted molar refractivity (Wildman–Crippen MR) is 92.1 cm³/mol. The summed E-state index contributed by atoms with van der Waals surface area (Å²) < 4.78 is 29.0. The van der Waals surface area contributed by atoms with Crippen LogP contribution in [0, 0.1) is 18.6 Å². The molecule has 3 aromatic rings. The van der Waals surface area contributed by atoms with Crippen LogP contribution in [0.1, 0.15) is 11.1 Å². The van der Waals surface area contributed by atoms with Gasteiger partial charge in [0.05, 0.1) is 0 Å². The zero-order valence-corrected chi connectivity index (χ0v) is 12.8. The Balaban J connectivity index is 2.06. The number of halogens is 2. The van der Waals surface area contributed by atoms with Crippen LogP contribution in [0.5, 0.6) is 0 Å². The van der Waals surface area contributed by atoms with E-state index in [0.717, 1.165) is 11.1 Å². The Hall–Kier alpha value is -2.74. The topological polar surface area (TPSA) is 0 Å². The number of benzene rings is 3. The van der Waals surface area contributed by atoms with Gasteiger partial charge in [-0.1, -0.05) is 78.9 Å². The molecule has 0 bridgehead atoms. The number of rotatable bonds is 3. The normalized spacial score (nSPS) is 10.6. The van der Waals surface area contributed by atoms with Crippen LogP contribution in [-0.4, -0.2) is 0 Å². The molecule has 0 aliphatic rings. The maximum absolute atomic E-state index is 14.5. The summed E-state index contributed by atoms with van der Waals surface area (Å²) in [4.78, 5) is 0. The molecular weight excluding hydrogens is 290 g/mol. The average molecular weight is 306 g/mol. The van der Waals surface area contributed by atoms with Crippen molar-refractivity contribution in [3.63, 3.8) is 0 Å². The first-order valence-corrected chi connectivity index (χ1v) is 7.38. The molecule has 23 heavy (non-hydrogen) atoms. The summed E-state index contributed by atoms with van der Waals surface area (Å²) in [5.74, 6) is -1.64. The summed E-state index contributed by atoms with van der Waals surface area (Å²) in [5.41, 5.74) is 3.85. The summed E-state index contributed by atoms with van der Waals surface area (Å²) in [7, 11) is 0. The molecule has 0 aliphatic carbocycles. The fourth-order valence-corrected chi connectivity index (χ4v) is 2.53. The van der Waals surface area contributed by atoms with Crippen molar-refractivity contribution in [2.75, 3.05) is 0 Å². The van der Waals surface area contributed by atoms with E-state index in [1.54, 1.807) is 42.5 Å². The van der Waals surface area contributed by atoms with Crippen LogP contribution in [0.2, 0.25) is 0 Å². The van der Waals surface area contributed by atoms with Crippen LogP contribution in [0.15, 0.2) is 67.2 Å². The third-order valence-corrected chi connectivity index (χ3v) is 3.90. The van der Waals surface area contributed by atoms with Gasteiger partial charge in [0.25, 0.3) is 0 Å². The highest BCUT2D eigenvalue weighted by Gasteiger charge is 2.15. The van der Waals surface area contributed by atoms with Gasteiger partial charge in [0.15, 0.2) is 11.6 Å². The smallest absolute Gasteiger partial charge is 0.167 e. The van der Waals surface area contributed by atoms with Crippen molar-refractivity contribution in [2.45, 2.75) is 6.92 Å². The van der Waals surface area contributed by atoms with Crippen LogP contribution in [0.3, 0.4) is 0 Å². The zero-order valence-electron chi connectivity index (χ0n) is 12.8. The average Bonchev–Trinajstić information content (AvgIpc) is 2.58. The van der Waals surface area contributed by atoms with Crippen molar-refractivity contribution in [3.05, 3.63) is 90.0 Å². The first-order chi connectivity index (χ1) is 11.1. The Morgan fingerprint density at radius 1 is 0.696 bits per heavy atom.